The number of rotatable bonds is 11. The second kappa shape index (κ2) is 12.6. The largest absolute Gasteiger partial charge is 0.494 e. The lowest BCUT2D eigenvalue weighted by Gasteiger charge is -2.32. The summed E-state index contributed by atoms with van der Waals surface area (Å²) in [6.45, 7) is 10.8. The van der Waals surface area contributed by atoms with E-state index in [2.05, 4.69) is 23.5 Å². The van der Waals surface area contributed by atoms with E-state index in [4.69, 9.17) is 16.2 Å². The maximum Gasteiger partial charge on any atom is 0.273 e. The van der Waals surface area contributed by atoms with Crippen LogP contribution in [0.15, 0.2) is 42.5 Å². The number of benzene rings is 2. The van der Waals surface area contributed by atoms with Crippen molar-refractivity contribution in [1.82, 2.24) is 9.69 Å². The minimum atomic E-state index is -1.04. The molecule has 3 aromatic rings. The first-order chi connectivity index (χ1) is 18.0. The van der Waals surface area contributed by atoms with E-state index in [-0.39, 0.29) is 22.2 Å². The van der Waals surface area contributed by atoms with E-state index in [9.17, 15) is 14.4 Å². The molecule has 0 aliphatic heterocycles. The molecule has 0 spiro atoms. The molecular formula is C28H35N5O4S. The van der Waals surface area contributed by atoms with Crippen molar-refractivity contribution in [3.8, 4) is 5.75 Å². The molecule has 0 fully saturated rings. The van der Waals surface area contributed by atoms with E-state index in [1.807, 2.05) is 39.0 Å². The highest BCUT2D eigenvalue weighted by Gasteiger charge is 2.36. The van der Waals surface area contributed by atoms with E-state index in [0.29, 0.717) is 36.1 Å². The van der Waals surface area contributed by atoms with Gasteiger partial charge in [0.05, 0.1) is 12.3 Å². The molecule has 0 aliphatic rings. The summed E-state index contributed by atoms with van der Waals surface area (Å²) in [5.74, 6) is -0.695. The molecule has 0 saturated carbocycles. The van der Waals surface area contributed by atoms with Gasteiger partial charge in [-0.05, 0) is 85.6 Å². The molecule has 1 atom stereocenters. The molecule has 0 radical (unpaired) electrons. The summed E-state index contributed by atoms with van der Waals surface area (Å²) in [7, 11) is 0. The van der Waals surface area contributed by atoms with Crippen LogP contribution in [0, 0.1) is 19.8 Å². The Hall–Kier alpha value is -3.92. The number of carbonyl (C=O) groups is 3. The lowest BCUT2D eigenvalue weighted by atomic mass is 10.0. The summed E-state index contributed by atoms with van der Waals surface area (Å²) >= 11 is 0.780. The zero-order valence-corrected chi connectivity index (χ0v) is 23.2. The van der Waals surface area contributed by atoms with Gasteiger partial charge >= 0.3 is 0 Å². The van der Waals surface area contributed by atoms with Crippen LogP contribution >= 0.6 is 11.5 Å². The van der Waals surface area contributed by atoms with E-state index in [0.717, 1.165) is 29.1 Å². The zero-order valence-electron chi connectivity index (χ0n) is 22.4. The van der Waals surface area contributed by atoms with Crippen molar-refractivity contribution in [1.29, 1.82) is 0 Å². The number of carbonyl (C=O) groups excluding carboxylic acids is 3. The van der Waals surface area contributed by atoms with Crippen molar-refractivity contribution in [2.24, 2.45) is 11.7 Å². The molecule has 1 aromatic heterocycles. The Bertz CT molecular complexity index is 1280. The number of hydrogen-bond donors (Lipinski definition) is 3. The van der Waals surface area contributed by atoms with Crippen molar-refractivity contribution in [3.05, 3.63) is 69.7 Å². The Kier molecular flexibility index (Phi) is 9.46. The highest BCUT2D eigenvalue weighted by Crippen LogP contribution is 2.34. The zero-order chi connectivity index (χ0) is 28.0. The minimum Gasteiger partial charge on any atom is -0.494 e. The monoisotopic (exact) mass is 537 g/mol. The normalized spacial score (nSPS) is 11.7. The number of amides is 3. The highest BCUT2D eigenvalue weighted by molar-refractivity contribution is 7.09. The van der Waals surface area contributed by atoms with Gasteiger partial charge in [0.1, 0.15) is 16.7 Å². The number of anilines is 2. The Morgan fingerprint density at radius 2 is 1.71 bits per heavy atom. The maximum atomic E-state index is 14.2. The van der Waals surface area contributed by atoms with E-state index < -0.39 is 17.9 Å². The summed E-state index contributed by atoms with van der Waals surface area (Å²) < 4.78 is 9.58. The third kappa shape index (κ3) is 6.69. The summed E-state index contributed by atoms with van der Waals surface area (Å²) in [4.78, 5) is 41.2. The van der Waals surface area contributed by atoms with Crippen LogP contribution in [0.1, 0.15) is 70.1 Å². The molecule has 1 heterocycles. The average molecular weight is 538 g/mol. The van der Waals surface area contributed by atoms with Crippen LogP contribution < -0.4 is 26.4 Å². The number of aromatic nitrogens is 1. The van der Waals surface area contributed by atoms with Crippen LogP contribution in [-0.4, -0.2) is 35.2 Å². The molecule has 3 amide bonds. The number of nitrogens with two attached hydrogens (primary N) is 2. The number of aryl methyl sites for hydroxylation is 2. The first-order valence-corrected chi connectivity index (χ1v) is 13.3. The Balaban J connectivity index is 2.19. The van der Waals surface area contributed by atoms with Gasteiger partial charge in [0, 0.05) is 12.2 Å². The van der Waals surface area contributed by atoms with Gasteiger partial charge in [-0.3, -0.25) is 19.3 Å². The first kappa shape index (κ1) is 28.6. The number of hydrogen-bond acceptors (Lipinski definition) is 7. The van der Waals surface area contributed by atoms with Crippen LogP contribution in [0.2, 0.25) is 0 Å². The number of nitrogens with zero attached hydrogens (tertiary/aromatic N) is 2. The number of ether oxygens (including phenoxy) is 1. The van der Waals surface area contributed by atoms with Crippen molar-refractivity contribution in [2.75, 3.05) is 23.8 Å². The van der Waals surface area contributed by atoms with Gasteiger partial charge in [0.25, 0.3) is 11.8 Å². The average Bonchev–Trinajstić information content (AvgIpc) is 3.23. The molecule has 5 N–H and O–H groups in total. The van der Waals surface area contributed by atoms with Crippen LogP contribution in [-0.2, 0) is 4.79 Å². The molecule has 0 unspecified atom stereocenters. The topological polar surface area (TPSA) is 141 Å². The van der Waals surface area contributed by atoms with Crippen LogP contribution in [0.3, 0.4) is 0 Å². The second-order valence-corrected chi connectivity index (χ2v) is 10.3. The Labute approximate surface area is 227 Å². The molecule has 9 nitrogen and oxygen atoms in total. The minimum absolute atomic E-state index is 0.0314. The molecule has 0 aliphatic carbocycles. The van der Waals surface area contributed by atoms with E-state index in [1.165, 1.54) is 4.90 Å². The maximum absolute atomic E-state index is 14.2. The molecule has 0 bridgehead atoms. The third-order valence-corrected chi connectivity index (χ3v) is 6.74. The van der Waals surface area contributed by atoms with Gasteiger partial charge in [-0.25, -0.2) is 0 Å². The molecule has 38 heavy (non-hydrogen) atoms. The molecule has 10 heteroatoms. The molecular weight excluding hydrogens is 502 g/mol. The number of primary amides is 1. The fourth-order valence-corrected chi connectivity index (χ4v) is 4.87. The molecule has 202 valence electrons. The van der Waals surface area contributed by atoms with Crippen molar-refractivity contribution >= 4 is 40.6 Å². The Morgan fingerprint density at radius 1 is 1.08 bits per heavy atom. The van der Waals surface area contributed by atoms with Gasteiger partial charge in [-0.2, -0.15) is 4.37 Å². The summed E-state index contributed by atoms with van der Waals surface area (Å²) in [5, 5.41) is 2.99. The molecule has 0 saturated heterocycles. The predicted octanol–water partition coefficient (Wildman–Crippen LogP) is 4.39. The van der Waals surface area contributed by atoms with E-state index >= 15 is 0 Å². The predicted molar refractivity (Wildman–Crippen MR) is 151 cm³/mol. The third-order valence-electron chi connectivity index (χ3n) is 5.89. The van der Waals surface area contributed by atoms with Gasteiger partial charge in [-0.15, -0.1) is 0 Å². The van der Waals surface area contributed by atoms with Crippen LogP contribution in [0.25, 0.3) is 0 Å². The molecule has 3 rings (SSSR count). The SMILES string of the molecule is CCOc1ccc([C@H](C(=O)NCCC(C)C)N(C(=O)c2snc(C(N)=O)c2N)c2cc(C)cc(C)c2)cc1. The summed E-state index contributed by atoms with van der Waals surface area (Å²) in [6.07, 6.45) is 0.781. The quantitative estimate of drug-likeness (QED) is 0.331. The Morgan fingerprint density at radius 3 is 2.24 bits per heavy atom. The lowest BCUT2D eigenvalue weighted by Crippen LogP contribution is -2.44. The first-order valence-electron chi connectivity index (χ1n) is 12.5. The number of nitrogens with one attached hydrogen (secondary N) is 1. The smallest absolute Gasteiger partial charge is 0.273 e. The highest BCUT2D eigenvalue weighted by atomic mass is 32.1. The summed E-state index contributed by atoms with van der Waals surface area (Å²) in [6, 6.07) is 11.7. The standard InChI is InChI=1S/C28H35N5O4S/c1-6-37-21-9-7-19(8-10-21)24(27(35)31-12-11-16(2)3)33(20-14-17(4)13-18(5)15-20)28(36)25-22(29)23(26(30)34)32-38-25/h7-10,13-16,24H,6,11-12,29H2,1-5H3,(H2,30,34)(H,31,35)/t24-/m1/s1. The van der Waals surface area contributed by atoms with Gasteiger partial charge in [0.2, 0.25) is 5.91 Å². The van der Waals surface area contributed by atoms with Crippen molar-refractivity contribution < 1.29 is 19.1 Å². The second-order valence-electron chi connectivity index (χ2n) is 9.54. The van der Waals surface area contributed by atoms with Gasteiger partial charge in [0.15, 0.2) is 5.69 Å². The fraction of sp³-hybridized carbons (Fsp3) is 0.357. The molecule has 2 aromatic carbocycles. The van der Waals surface area contributed by atoms with Gasteiger partial charge < -0.3 is 21.5 Å². The van der Waals surface area contributed by atoms with E-state index in [1.54, 1.807) is 24.3 Å². The fourth-order valence-electron chi connectivity index (χ4n) is 4.12. The van der Waals surface area contributed by atoms with Crippen molar-refractivity contribution in [3.63, 3.8) is 0 Å². The lowest BCUT2D eigenvalue weighted by molar-refractivity contribution is -0.122. The van der Waals surface area contributed by atoms with Crippen molar-refractivity contribution in [2.45, 2.75) is 47.1 Å². The van der Waals surface area contributed by atoms with Crippen LogP contribution in [0.4, 0.5) is 11.4 Å². The summed E-state index contributed by atoms with van der Waals surface area (Å²) in [5.41, 5.74) is 14.2. The number of nitrogen functional groups attached to an aromatic ring is 1. The van der Waals surface area contributed by atoms with Crippen LogP contribution in [0.5, 0.6) is 5.75 Å². The van der Waals surface area contributed by atoms with Gasteiger partial charge in [-0.1, -0.05) is 32.0 Å².